The Hall–Kier alpha value is -2.15. The summed E-state index contributed by atoms with van der Waals surface area (Å²) < 4.78 is 0. The fraction of sp³-hybridized carbons (Fsp3) is 0.682. The van der Waals surface area contributed by atoms with Crippen LogP contribution < -0.4 is 5.73 Å². The van der Waals surface area contributed by atoms with Gasteiger partial charge in [-0.05, 0) is 55.9 Å². The Bertz CT molecular complexity index is 879. The van der Waals surface area contributed by atoms with Gasteiger partial charge in [0.25, 0.3) is 0 Å². The monoisotopic (exact) mass is 399 g/mol. The molecule has 2 bridgehead atoms. The smallest absolute Gasteiger partial charge is 0.334 e. The lowest BCUT2D eigenvalue weighted by atomic mass is 9.42. The van der Waals surface area contributed by atoms with Gasteiger partial charge in [0, 0.05) is 36.5 Å². The molecule has 0 radical (unpaired) electrons. The molecular formula is C22H29N3O4. The normalized spacial score (nSPS) is 45.7. The first kappa shape index (κ1) is 18.9. The van der Waals surface area contributed by atoms with Crippen molar-refractivity contribution < 1.29 is 19.8 Å². The number of carboxylic acid groups (broad SMARTS) is 1. The van der Waals surface area contributed by atoms with Crippen molar-refractivity contribution in [2.24, 2.45) is 39.3 Å². The van der Waals surface area contributed by atoms with E-state index >= 15 is 0 Å². The number of hydrogen-bond donors (Lipinski definition) is 3. The summed E-state index contributed by atoms with van der Waals surface area (Å²) in [6, 6.07) is 0. The van der Waals surface area contributed by atoms with E-state index in [4.69, 9.17) is 5.73 Å². The molecule has 156 valence electrons. The highest BCUT2D eigenvalue weighted by molar-refractivity contribution is 5.98. The molecule has 6 atom stereocenters. The summed E-state index contributed by atoms with van der Waals surface area (Å²) in [5.74, 6) is -0.438. The van der Waals surface area contributed by atoms with Crippen molar-refractivity contribution in [2.75, 3.05) is 13.6 Å². The molecule has 0 aromatic heterocycles. The van der Waals surface area contributed by atoms with Gasteiger partial charge in [0.05, 0.1) is 5.57 Å². The number of nitrogens with zero attached hydrogens (tertiary/aromatic N) is 2. The minimum Gasteiger partial charge on any atom is -0.478 e. The summed E-state index contributed by atoms with van der Waals surface area (Å²) in [7, 11) is 1.67. The number of rotatable bonds is 2. The Morgan fingerprint density at radius 1 is 1.31 bits per heavy atom. The maximum absolute atomic E-state index is 12.3. The van der Waals surface area contributed by atoms with E-state index in [2.05, 4.69) is 11.1 Å². The van der Waals surface area contributed by atoms with Crippen molar-refractivity contribution in [1.82, 2.24) is 4.90 Å². The van der Waals surface area contributed by atoms with Crippen LogP contribution >= 0.6 is 0 Å². The predicted molar refractivity (Wildman–Crippen MR) is 107 cm³/mol. The van der Waals surface area contributed by atoms with Gasteiger partial charge in [-0.3, -0.25) is 9.79 Å². The molecular weight excluding hydrogens is 370 g/mol. The van der Waals surface area contributed by atoms with Gasteiger partial charge in [-0.1, -0.05) is 12.5 Å². The van der Waals surface area contributed by atoms with E-state index in [-0.39, 0.29) is 16.9 Å². The highest BCUT2D eigenvalue weighted by Gasteiger charge is 2.78. The van der Waals surface area contributed by atoms with Crippen molar-refractivity contribution in [2.45, 2.75) is 50.5 Å². The molecule has 3 fully saturated rings. The molecule has 7 nitrogen and oxygen atoms in total. The van der Waals surface area contributed by atoms with Crippen LogP contribution in [0.3, 0.4) is 0 Å². The van der Waals surface area contributed by atoms with Crippen molar-refractivity contribution in [3.05, 3.63) is 23.4 Å². The molecule has 0 aromatic carbocycles. The Labute approximate surface area is 170 Å². The lowest BCUT2D eigenvalue weighted by Gasteiger charge is -2.63. The third-order valence-corrected chi connectivity index (χ3v) is 9.03. The Morgan fingerprint density at radius 2 is 2.07 bits per heavy atom. The molecule has 1 heterocycles. The molecule has 3 saturated carbocycles. The number of aliphatic imine (C=N–C) groups is 1. The SMILES string of the molecule is CN=C(N)N1C=CC[C@@]2(C1)[C@@H]1CC[C@H]3CCC[C@@H]4[C@@]32C(=C(C(=O)O)[C@@]4(O)C=O)C1. The summed E-state index contributed by atoms with van der Waals surface area (Å²) in [6.45, 7) is 0.662. The topological polar surface area (TPSA) is 116 Å². The van der Waals surface area contributed by atoms with Crippen LogP contribution in [-0.2, 0) is 9.59 Å². The van der Waals surface area contributed by atoms with Gasteiger partial charge in [-0.2, -0.15) is 0 Å². The predicted octanol–water partition coefficient (Wildman–Crippen LogP) is 1.68. The molecule has 0 aromatic rings. The summed E-state index contributed by atoms with van der Waals surface area (Å²) in [4.78, 5) is 30.7. The number of guanidine groups is 1. The Balaban J connectivity index is 1.78. The molecule has 29 heavy (non-hydrogen) atoms. The van der Waals surface area contributed by atoms with Gasteiger partial charge in [0.1, 0.15) is 0 Å². The first-order chi connectivity index (χ1) is 13.9. The van der Waals surface area contributed by atoms with E-state index in [1.54, 1.807) is 7.05 Å². The number of allylic oxidation sites excluding steroid dienone is 2. The highest BCUT2D eigenvalue weighted by Crippen LogP contribution is 2.80. The summed E-state index contributed by atoms with van der Waals surface area (Å²) in [5, 5.41) is 21.6. The minimum atomic E-state index is -1.90. The summed E-state index contributed by atoms with van der Waals surface area (Å²) in [6.07, 6.45) is 10.8. The molecule has 4 aliphatic carbocycles. The van der Waals surface area contributed by atoms with Crippen molar-refractivity contribution in [3.8, 4) is 0 Å². The number of aliphatic hydroxyl groups is 1. The molecule has 0 amide bonds. The van der Waals surface area contributed by atoms with E-state index in [0.717, 1.165) is 37.7 Å². The van der Waals surface area contributed by atoms with Crippen molar-refractivity contribution in [1.29, 1.82) is 0 Å². The number of aliphatic carboxylic acids is 1. The molecule has 2 spiro atoms. The largest absolute Gasteiger partial charge is 0.478 e. The van der Waals surface area contributed by atoms with Gasteiger partial charge < -0.3 is 20.8 Å². The van der Waals surface area contributed by atoms with Crippen LogP contribution in [0.1, 0.15) is 44.9 Å². The van der Waals surface area contributed by atoms with Crippen molar-refractivity contribution >= 4 is 18.2 Å². The quantitative estimate of drug-likeness (QED) is 0.370. The third kappa shape index (κ3) is 1.95. The number of nitrogens with two attached hydrogens (primary N) is 1. The van der Waals surface area contributed by atoms with Gasteiger partial charge >= 0.3 is 5.97 Å². The minimum absolute atomic E-state index is 0.0218. The van der Waals surface area contributed by atoms with Crippen LogP contribution in [0.2, 0.25) is 0 Å². The van der Waals surface area contributed by atoms with E-state index in [9.17, 15) is 19.8 Å². The lowest BCUT2D eigenvalue weighted by molar-refractivity contribution is -0.162. The van der Waals surface area contributed by atoms with Crippen LogP contribution in [0.5, 0.6) is 0 Å². The number of hydrogen-bond acceptors (Lipinski definition) is 4. The molecule has 0 saturated heterocycles. The fourth-order valence-electron chi connectivity index (χ4n) is 8.35. The number of aldehydes is 1. The van der Waals surface area contributed by atoms with Crippen LogP contribution in [0.25, 0.3) is 0 Å². The second-order valence-electron chi connectivity index (χ2n) is 9.58. The van der Waals surface area contributed by atoms with Crippen molar-refractivity contribution in [3.63, 3.8) is 0 Å². The number of carbonyl (C=O) groups excluding carboxylic acids is 1. The van der Waals surface area contributed by atoms with Gasteiger partial charge in [-0.15, -0.1) is 0 Å². The van der Waals surface area contributed by atoms with Gasteiger partial charge in [0.2, 0.25) is 0 Å². The van der Waals surface area contributed by atoms with Gasteiger partial charge in [0.15, 0.2) is 17.8 Å². The zero-order valence-corrected chi connectivity index (χ0v) is 16.8. The molecule has 4 N–H and O–H groups in total. The molecule has 5 aliphatic rings. The lowest BCUT2D eigenvalue weighted by Crippen LogP contribution is -2.63. The third-order valence-electron chi connectivity index (χ3n) is 9.03. The average molecular weight is 399 g/mol. The highest BCUT2D eigenvalue weighted by atomic mass is 16.4. The zero-order chi connectivity index (χ0) is 20.6. The van der Waals surface area contributed by atoms with E-state index in [1.807, 2.05) is 11.1 Å². The molecule has 0 unspecified atom stereocenters. The average Bonchev–Trinajstić information content (AvgIpc) is 3.00. The fourth-order valence-corrected chi connectivity index (χ4v) is 8.35. The summed E-state index contributed by atoms with van der Waals surface area (Å²) >= 11 is 0. The summed E-state index contributed by atoms with van der Waals surface area (Å²) in [5.41, 5.74) is 4.43. The Kier molecular flexibility index (Phi) is 3.86. The molecule has 1 aliphatic heterocycles. The number of carboxylic acids is 1. The van der Waals surface area contributed by atoms with Crippen LogP contribution in [0.4, 0.5) is 0 Å². The zero-order valence-electron chi connectivity index (χ0n) is 16.8. The standard InChI is InChI=1S/C22H29N3O4/c1-24-19(23)25-9-3-8-20(11-25)14-7-6-13-4-2-5-16-21(29,12-26)17(18(27)28)15(10-14)22(13,16)20/h3,9,12-14,16,29H,2,4-8,10-11H2,1H3,(H2,23,24)(H,27,28)/t13-,14-,16+,20-,21-,22+/m1/s1. The maximum atomic E-state index is 12.3. The van der Waals surface area contributed by atoms with E-state index in [0.29, 0.717) is 43.5 Å². The Morgan fingerprint density at radius 3 is 2.76 bits per heavy atom. The van der Waals surface area contributed by atoms with Crippen LogP contribution in [0, 0.1) is 28.6 Å². The molecule has 5 rings (SSSR count). The van der Waals surface area contributed by atoms with Crippen LogP contribution in [-0.4, -0.2) is 52.5 Å². The maximum Gasteiger partial charge on any atom is 0.334 e. The first-order valence-corrected chi connectivity index (χ1v) is 10.7. The first-order valence-electron chi connectivity index (χ1n) is 10.7. The number of carbonyl (C=O) groups is 2. The van der Waals surface area contributed by atoms with Gasteiger partial charge in [-0.25, -0.2) is 4.79 Å². The molecule has 7 heteroatoms. The second kappa shape index (κ2) is 5.94. The second-order valence-corrected chi connectivity index (χ2v) is 9.58. The van der Waals surface area contributed by atoms with E-state index < -0.39 is 17.0 Å². The van der Waals surface area contributed by atoms with E-state index in [1.165, 1.54) is 0 Å². The van der Waals surface area contributed by atoms with Crippen LogP contribution in [0.15, 0.2) is 28.4 Å².